The van der Waals surface area contributed by atoms with Gasteiger partial charge in [-0.1, -0.05) is 25.1 Å². The number of nitrogens with one attached hydrogen (secondary N) is 1. The Bertz CT molecular complexity index is 651. The minimum Gasteiger partial charge on any atom is -0.406 e. The lowest BCUT2D eigenvalue weighted by Crippen LogP contribution is -2.17. The van der Waals surface area contributed by atoms with Crippen molar-refractivity contribution in [3.63, 3.8) is 0 Å². The maximum absolute atomic E-state index is 12.1. The summed E-state index contributed by atoms with van der Waals surface area (Å²) >= 11 is 0. The fraction of sp³-hybridized carbons (Fsp3) is 0.188. The first kappa shape index (κ1) is 15.9. The van der Waals surface area contributed by atoms with Gasteiger partial charge in [0, 0.05) is 11.3 Å². The van der Waals surface area contributed by atoms with Gasteiger partial charge < -0.3 is 10.1 Å². The molecule has 0 heterocycles. The van der Waals surface area contributed by atoms with E-state index in [0.29, 0.717) is 5.69 Å². The molecule has 0 spiro atoms. The van der Waals surface area contributed by atoms with Crippen LogP contribution in [0.5, 0.6) is 5.75 Å². The molecule has 6 heteroatoms. The van der Waals surface area contributed by atoms with Crippen molar-refractivity contribution in [2.24, 2.45) is 0 Å². The third-order valence-electron chi connectivity index (χ3n) is 3.00. The molecule has 0 unspecified atom stereocenters. The van der Waals surface area contributed by atoms with Gasteiger partial charge in [0.05, 0.1) is 0 Å². The Morgan fingerprint density at radius 1 is 1.09 bits per heavy atom. The first-order valence-corrected chi connectivity index (χ1v) is 6.64. The third kappa shape index (κ3) is 4.25. The van der Waals surface area contributed by atoms with Crippen LogP contribution in [-0.2, 0) is 6.42 Å². The van der Waals surface area contributed by atoms with Crippen LogP contribution in [0.3, 0.4) is 0 Å². The molecule has 2 rings (SSSR count). The number of alkyl halides is 3. The highest BCUT2D eigenvalue weighted by Crippen LogP contribution is 2.23. The average Bonchev–Trinajstić information content (AvgIpc) is 2.47. The summed E-state index contributed by atoms with van der Waals surface area (Å²) < 4.78 is 40.0. The van der Waals surface area contributed by atoms with E-state index in [0.717, 1.165) is 24.1 Å². The van der Waals surface area contributed by atoms with Gasteiger partial charge in [-0.2, -0.15) is 0 Å². The molecule has 0 aliphatic rings. The minimum absolute atomic E-state index is 0.250. The molecule has 0 atom stereocenters. The van der Waals surface area contributed by atoms with Crippen LogP contribution in [0.2, 0.25) is 0 Å². The Morgan fingerprint density at radius 3 is 2.32 bits per heavy atom. The van der Waals surface area contributed by atoms with Crippen LogP contribution in [0.4, 0.5) is 18.9 Å². The van der Waals surface area contributed by atoms with E-state index in [-0.39, 0.29) is 17.2 Å². The number of benzene rings is 2. The number of amides is 1. The van der Waals surface area contributed by atoms with E-state index in [1.807, 2.05) is 19.1 Å². The van der Waals surface area contributed by atoms with Gasteiger partial charge >= 0.3 is 6.36 Å². The second-order valence-electron chi connectivity index (χ2n) is 4.54. The number of carbonyl (C=O) groups is 1. The van der Waals surface area contributed by atoms with Crippen molar-refractivity contribution in [2.45, 2.75) is 19.7 Å². The van der Waals surface area contributed by atoms with Crippen LogP contribution in [0.15, 0.2) is 48.5 Å². The zero-order valence-corrected chi connectivity index (χ0v) is 11.8. The third-order valence-corrected chi connectivity index (χ3v) is 3.00. The molecule has 1 amide bonds. The smallest absolute Gasteiger partial charge is 0.406 e. The first-order chi connectivity index (χ1) is 10.4. The highest BCUT2D eigenvalue weighted by Gasteiger charge is 2.31. The highest BCUT2D eigenvalue weighted by molar-refractivity contribution is 6.04. The van der Waals surface area contributed by atoms with Crippen LogP contribution in [0.25, 0.3) is 0 Å². The van der Waals surface area contributed by atoms with Crippen molar-refractivity contribution >= 4 is 11.6 Å². The predicted molar refractivity (Wildman–Crippen MR) is 76.9 cm³/mol. The standard InChI is InChI=1S/C16H14F3NO2/c1-2-11-5-3-4-6-14(11)20-15(21)12-7-9-13(10-8-12)22-16(17,18)19/h3-10H,2H2,1H3,(H,20,21). The SMILES string of the molecule is CCc1ccccc1NC(=O)c1ccc(OC(F)(F)F)cc1. The van der Waals surface area contributed by atoms with Crippen molar-refractivity contribution in [3.05, 3.63) is 59.7 Å². The summed E-state index contributed by atoms with van der Waals surface area (Å²) in [5.41, 5.74) is 1.92. The molecule has 0 aliphatic carbocycles. The number of halogens is 3. The lowest BCUT2D eigenvalue weighted by Gasteiger charge is -2.11. The van der Waals surface area contributed by atoms with Gasteiger partial charge in [0.15, 0.2) is 0 Å². The summed E-state index contributed by atoms with van der Waals surface area (Å²) in [5.74, 6) is -0.752. The molecule has 2 aromatic carbocycles. The Morgan fingerprint density at radius 2 is 1.73 bits per heavy atom. The van der Waals surface area contributed by atoms with Gasteiger partial charge in [0.1, 0.15) is 5.75 Å². The number of para-hydroxylation sites is 1. The molecule has 0 aromatic heterocycles. The molecule has 0 saturated carbocycles. The van der Waals surface area contributed by atoms with E-state index in [1.54, 1.807) is 12.1 Å². The molecule has 0 fully saturated rings. The number of rotatable bonds is 4. The van der Waals surface area contributed by atoms with Crippen LogP contribution < -0.4 is 10.1 Å². The topological polar surface area (TPSA) is 38.3 Å². The second-order valence-corrected chi connectivity index (χ2v) is 4.54. The molecule has 0 bridgehead atoms. The number of carbonyl (C=O) groups excluding carboxylic acids is 1. The maximum atomic E-state index is 12.1. The maximum Gasteiger partial charge on any atom is 0.573 e. The van der Waals surface area contributed by atoms with E-state index in [9.17, 15) is 18.0 Å². The Labute approximate surface area is 125 Å². The molecule has 0 saturated heterocycles. The van der Waals surface area contributed by atoms with E-state index < -0.39 is 6.36 Å². The van der Waals surface area contributed by atoms with Crippen molar-refractivity contribution in [1.29, 1.82) is 0 Å². The summed E-state index contributed by atoms with van der Waals surface area (Å²) in [6.07, 6.45) is -3.99. The number of ether oxygens (including phenoxy) is 1. The van der Waals surface area contributed by atoms with Crippen LogP contribution in [0.1, 0.15) is 22.8 Å². The highest BCUT2D eigenvalue weighted by atomic mass is 19.4. The Kier molecular flexibility index (Phi) is 4.70. The van der Waals surface area contributed by atoms with Gasteiger partial charge in [-0.3, -0.25) is 4.79 Å². The van der Waals surface area contributed by atoms with Crippen molar-refractivity contribution < 1.29 is 22.7 Å². The van der Waals surface area contributed by atoms with E-state index in [1.165, 1.54) is 12.1 Å². The van der Waals surface area contributed by atoms with Gasteiger partial charge in [-0.15, -0.1) is 13.2 Å². The average molecular weight is 309 g/mol. The fourth-order valence-corrected chi connectivity index (χ4v) is 1.95. The molecule has 116 valence electrons. The molecule has 3 nitrogen and oxygen atoms in total. The molecular weight excluding hydrogens is 295 g/mol. The number of anilines is 1. The molecule has 2 aromatic rings. The zero-order chi connectivity index (χ0) is 16.2. The van der Waals surface area contributed by atoms with E-state index in [2.05, 4.69) is 10.1 Å². The number of hydrogen-bond acceptors (Lipinski definition) is 2. The monoisotopic (exact) mass is 309 g/mol. The number of hydrogen-bond donors (Lipinski definition) is 1. The van der Waals surface area contributed by atoms with Gasteiger partial charge in [-0.25, -0.2) is 0 Å². The summed E-state index contributed by atoms with van der Waals surface area (Å²) in [6.45, 7) is 1.97. The summed E-state index contributed by atoms with van der Waals surface area (Å²) in [7, 11) is 0. The molecule has 22 heavy (non-hydrogen) atoms. The van der Waals surface area contributed by atoms with E-state index >= 15 is 0 Å². The normalized spacial score (nSPS) is 11.1. The molecule has 1 N–H and O–H groups in total. The largest absolute Gasteiger partial charge is 0.573 e. The fourth-order valence-electron chi connectivity index (χ4n) is 1.95. The van der Waals surface area contributed by atoms with E-state index in [4.69, 9.17) is 0 Å². The lowest BCUT2D eigenvalue weighted by molar-refractivity contribution is -0.274. The Hall–Kier alpha value is -2.50. The summed E-state index contributed by atoms with van der Waals surface area (Å²) in [4.78, 5) is 12.1. The van der Waals surface area contributed by atoms with Gasteiger partial charge in [0.25, 0.3) is 5.91 Å². The number of aryl methyl sites for hydroxylation is 1. The predicted octanol–water partition coefficient (Wildman–Crippen LogP) is 4.40. The van der Waals surface area contributed by atoms with Gasteiger partial charge in [-0.05, 0) is 42.3 Å². The Balaban J connectivity index is 2.10. The van der Waals surface area contributed by atoms with Crippen LogP contribution in [-0.4, -0.2) is 12.3 Å². The van der Waals surface area contributed by atoms with Crippen molar-refractivity contribution in [2.75, 3.05) is 5.32 Å². The van der Waals surface area contributed by atoms with Gasteiger partial charge in [0.2, 0.25) is 0 Å². The first-order valence-electron chi connectivity index (χ1n) is 6.64. The molecule has 0 aliphatic heterocycles. The van der Waals surface area contributed by atoms with Crippen molar-refractivity contribution in [3.8, 4) is 5.75 Å². The summed E-state index contributed by atoms with van der Waals surface area (Å²) in [6, 6.07) is 12.1. The van der Waals surface area contributed by atoms with Crippen LogP contribution >= 0.6 is 0 Å². The molecule has 0 radical (unpaired) electrons. The lowest BCUT2D eigenvalue weighted by atomic mass is 10.1. The van der Waals surface area contributed by atoms with Crippen molar-refractivity contribution in [1.82, 2.24) is 0 Å². The van der Waals surface area contributed by atoms with Crippen LogP contribution in [0, 0.1) is 0 Å². The zero-order valence-electron chi connectivity index (χ0n) is 11.8. The minimum atomic E-state index is -4.75. The molecular formula is C16H14F3NO2. The summed E-state index contributed by atoms with van der Waals surface area (Å²) in [5, 5.41) is 2.74. The second kappa shape index (κ2) is 6.51. The quantitative estimate of drug-likeness (QED) is 0.909.